The summed E-state index contributed by atoms with van der Waals surface area (Å²) in [6.45, 7) is 12.9. The third-order valence-corrected chi connectivity index (χ3v) is 12.8. The maximum absolute atomic E-state index is 14.6. The van der Waals surface area contributed by atoms with Crippen molar-refractivity contribution in [3.8, 4) is 5.75 Å². The lowest BCUT2D eigenvalue weighted by Crippen LogP contribution is -2.61. The molecule has 1 aromatic rings. The SMILES string of the molecule is CC(=O)N[C@@H](CCCCN)C(=O)N[C@@H](CCCN=C(N)N)C(=O)N1CCC[C@H]1C(=O)N1CCC[C@H]1C(=O)N[C@@H](Cc1ccc(O)cc1)C(=O)N[C@H](C(=O)N[C@@H](CC(C)C)C(=O)N[C@@H](CC(C)C)C(=O)O)C(C)C. The van der Waals surface area contributed by atoms with Gasteiger partial charge >= 0.3 is 5.97 Å². The molecule has 0 aromatic heterocycles. The number of carbonyl (C=O) groups excluding carboxylic acids is 8. The number of amides is 8. The summed E-state index contributed by atoms with van der Waals surface area (Å²) >= 11 is 0. The van der Waals surface area contributed by atoms with Gasteiger partial charge in [-0.15, -0.1) is 0 Å². The summed E-state index contributed by atoms with van der Waals surface area (Å²) in [5.74, 6) is -6.88. The topological polar surface area (TPSA) is 363 Å². The van der Waals surface area contributed by atoms with Gasteiger partial charge in [-0.25, -0.2) is 4.79 Å². The van der Waals surface area contributed by atoms with Crippen molar-refractivity contribution in [1.29, 1.82) is 0 Å². The van der Waals surface area contributed by atoms with Crippen molar-refractivity contribution in [3.63, 3.8) is 0 Å². The number of unbranched alkanes of at least 4 members (excludes halogenated alkanes) is 1. The first-order valence-corrected chi connectivity index (χ1v) is 25.6. The second-order valence-corrected chi connectivity index (χ2v) is 20.3. The molecule has 23 heteroatoms. The number of nitrogens with zero attached hydrogens (tertiary/aromatic N) is 3. The Morgan fingerprint density at radius 3 is 1.78 bits per heavy atom. The molecule has 2 saturated heterocycles. The highest BCUT2D eigenvalue weighted by molar-refractivity contribution is 5.98. The molecule has 73 heavy (non-hydrogen) atoms. The van der Waals surface area contributed by atoms with E-state index in [0.29, 0.717) is 37.8 Å². The average molecular weight is 1030 g/mol. The number of aliphatic imine (C=N–C) groups is 1. The first-order chi connectivity index (χ1) is 34.4. The fourth-order valence-corrected chi connectivity index (χ4v) is 9.09. The van der Waals surface area contributed by atoms with E-state index >= 15 is 0 Å². The number of rotatable bonds is 29. The van der Waals surface area contributed by atoms with E-state index < -0.39 is 107 Å². The molecular formula is C50H82N12O11. The van der Waals surface area contributed by atoms with Crippen LogP contribution in [0.1, 0.15) is 125 Å². The van der Waals surface area contributed by atoms with E-state index in [-0.39, 0.29) is 94.5 Å². The van der Waals surface area contributed by atoms with Crippen molar-refractivity contribution < 1.29 is 53.4 Å². The monoisotopic (exact) mass is 1030 g/mol. The number of carboxylic acid groups (broad SMARTS) is 1. The van der Waals surface area contributed by atoms with Crippen molar-refractivity contribution in [2.75, 3.05) is 26.2 Å². The van der Waals surface area contributed by atoms with Crippen molar-refractivity contribution in [2.45, 2.75) is 174 Å². The Labute approximate surface area is 428 Å². The molecular weight excluding hydrogens is 945 g/mol. The third kappa shape index (κ3) is 19.8. The molecule has 0 spiro atoms. The minimum Gasteiger partial charge on any atom is -0.508 e. The van der Waals surface area contributed by atoms with Gasteiger partial charge in [0.25, 0.3) is 0 Å². The largest absolute Gasteiger partial charge is 0.508 e. The van der Waals surface area contributed by atoms with Crippen LogP contribution in [0, 0.1) is 17.8 Å². The Morgan fingerprint density at radius 1 is 0.658 bits per heavy atom. The fraction of sp³-hybridized carbons (Fsp3) is 0.680. The summed E-state index contributed by atoms with van der Waals surface area (Å²) in [5, 5.41) is 36.1. The quantitative estimate of drug-likeness (QED) is 0.0283. The van der Waals surface area contributed by atoms with Crippen LogP contribution in [-0.2, 0) is 49.6 Å². The van der Waals surface area contributed by atoms with Crippen molar-refractivity contribution in [3.05, 3.63) is 29.8 Å². The first kappa shape index (κ1) is 60.8. The van der Waals surface area contributed by atoms with Crippen LogP contribution in [0.15, 0.2) is 29.3 Å². The molecule has 0 unspecified atom stereocenters. The van der Waals surface area contributed by atoms with Gasteiger partial charge < -0.3 is 69.1 Å². The van der Waals surface area contributed by atoms with E-state index in [0.717, 1.165) is 0 Å². The standard InChI is InChI=1S/C50H82N12O11/c1-28(2)25-36(43(66)59-38(49(72)73)26-29(3)4)58-46(69)41(30(5)6)60-44(67)37(27-32-17-19-33(64)20-18-32)57-45(68)39-15-11-23-61(39)48(71)40-16-12-24-62(40)47(70)35(14-10-22-54-50(52)53)56-42(65)34(55-31(7)63)13-8-9-21-51/h17-20,28-30,34-41,64H,8-16,21-27,51H2,1-7H3,(H,55,63)(H,56,65)(H,57,68)(H,58,69)(H,59,66)(H,60,67)(H,72,73)(H4,52,53,54)/t34-,35-,36-,37-,38-,39-,40-,41-/m0/s1. The normalized spacial score (nSPS) is 18.0. The number of phenols is 1. The highest BCUT2D eigenvalue weighted by atomic mass is 16.4. The van der Waals surface area contributed by atoms with Crippen LogP contribution in [0.3, 0.4) is 0 Å². The molecule has 2 heterocycles. The first-order valence-electron chi connectivity index (χ1n) is 25.6. The summed E-state index contributed by atoms with van der Waals surface area (Å²) in [6.07, 6.45) is 3.48. The zero-order valence-electron chi connectivity index (χ0n) is 43.6. The van der Waals surface area contributed by atoms with Gasteiger partial charge in [0.2, 0.25) is 47.3 Å². The third-order valence-electron chi connectivity index (χ3n) is 12.8. The minimum atomic E-state index is -1.31. The number of nitrogens with one attached hydrogen (secondary N) is 6. The molecule has 0 bridgehead atoms. The van der Waals surface area contributed by atoms with Crippen LogP contribution in [0.25, 0.3) is 0 Å². The predicted molar refractivity (Wildman–Crippen MR) is 273 cm³/mol. The van der Waals surface area contributed by atoms with Crippen molar-refractivity contribution in [2.24, 2.45) is 39.9 Å². The molecule has 408 valence electrons. The van der Waals surface area contributed by atoms with Gasteiger partial charge in [0.15, 0.2) is 5.96 Å². The van der Waals surface area contributed by atoms with Crippen LogP contribution in [-0.4, -0.2) is 154 Å². The lowest BCUT2D eigenvalue weighted by Gasteiger charge is -2.34. The van der Waals surface area contributed by atoms with Gasteiger partial charge in [0.05, 0.1) is 0 Å². The number of hydrogen-bond acceptors (Lipinski definition) is 12. The van der Waals surface area contributed by atoms with E-state index in [1.165, 1.54) is 28.9 Å². The molecule has 1 aromatic carbocycles. The number of hydrogen-bond donors (Lipinski definition) is 11. The number of nitrogens with two attached hydrogens (primary N) is 3. The number of aliphatic carboxylic acids is 1. The second-order valence-electron chi connectivity index (χ2n) is 20.3. The fourth-order valence-electron chi connectivity index (χ4n) is 9.09. The van der Waals surface area contributed by atoms with E-state index in [4.69, 9.17) is 17.2 Å². The van der Waals surface area contributed by atoms with E-state index in [1.807, 2.05) is 27.7 Å². The number of likely N-dealkylation sites (tertiary alicyclic amines) is 2. The number of phenolic OH excluding ortho intramolecular Hbond substituents is 1. The van der Waals surface area contributed by atoms with Crippen LogP contribution in [0.2, 0.25) is 0 Å². The maximum atomic E-state index is 14.6. The Kier molecular flexibility index (Phi) is 24.9. The van der Waals surface area contributed by atoms with Crippen LogP contribution in [0.4, 0.5) is 0 Å². The summed E-state index contributed by atoms with van der Waals surface area (Å²) in [5.41, 5.74) is 17.2. The van der Waals surface area contributed by atoms with E-state index in [2.05, 4.69) is 36.9 Å². The van der Waals surface area contributed by atoms with Crippen LogP contribution in [0.5, 0.6) is 5.75 Å². The molecule has 8 amide bonds. The molecule has 0 aliphatic carbocycles. The van der Waals surface area contributed by atoms with Crippen LogP contribution < -0.4 is 49.1 Å². The van der Waals surface area contributed by atoms with Gasteiger partial charge in [-0.3, -0.25) is 43.3 Å². The lowest BCUT2D eigenvalue weighted by molar-refractivity contribution is -0.148. The Hall–Kier alpha value is -6.52. The number of carbonyl (C=O) groups is 9. The molecule has 2 aliphatic heterocycles. The summed E-state index contributed by atoms with van der Waals surface area (Å²) in [4.78, 5) is 130. The number of aromatic hydroxyl groups is 1. The molecule has 14 N–H and O–H groups in total. The van der Waals surface area contributed by atoms with E-state index in [1.54, 1.807) is 26.0 Å². The molecule has 0 radical (unpaired) electrons. The highest BCUT2D eigenvalue weighted by Crippen LogP contribution is 2.27. The van der Waals surface area contributed by atoms with E-state index in [9.17, 15) is 53.4 Å². The Morgan fingerprint density at radius 2 is 1.21 bits per heavy atom. The predicted octanol–water partition coefficient (Wildman–Crippen LogP) is -0.139. The highest BCUT2D eigenvalue weighted by Gasteiger charge is 2.44. The summed E-state index contributed by atoms with van der Waals surface area (Å²) in [7, 11) is 0. The van der Waals surface area contributed by atoms with Gasteiger partial charge in [0, 0.05) is 33.0 Å². The molecule has 2 fully saturated rings. The van der Waals surface area contributed by atoms with Gasteiger partial charge in [-0.1, -0.05) is 53.7 Å². The number of carboxylic acids is 1. The zero-order chi connectivity index (χ0) is 54.5. The smallest absolute Gasteiger partial charge is 0.326 e. The molecule has 3 rings (SSSR count). The molecule has 2 aliphatic rings. The molecule has 23 nitrogen and oxygen atoms in total. The Balaban J connectivity index is 1.88. The minimum absolute atomic E-state index is 0.0316. The van der Waals surface area contributed by atoms with Gasteiger partial charge in [0.1, 0.15) is 54.1 Å². The van der Waals surface area contributed by atoms with Gasteiger partial charge in [-0.2, -0.15) is 0 Å². The van der Waals surface area contributed by atoms with Crippen molar-refractivity contribution >= 4 is 59.2 Å². The van der Waals surface area contributed by atoms with Crippen molar-refractivity contribution in [1.82, 2.24) is 41.7 Å². The molecule has 8 atom stereocenters. The zero-order valence-corrected chi connectivity index (χ0v) is 43.6. The van der Waals surface area contributed by atoms with Gasteiger partial charge in [-0.05, 0) is 113 Å². The Bertz CT molecular complexity index is 2080. The lowest BCUT2D eigenvalue weighted by atomic mass is 9.98. The second kappa shape index (κ2) is 29.9. The number of guanidine groups is 1. The summed E-state index contributed by atoms with van der Waals surface area (Å²) in [6, 6.07) is -2.96. The number of benzene rings is 1. The molecule has 0 saturated carbocycles. The van der Waals surface area contributed by atoms with Crippen LogP contribution >= 0.6 is 0 Å². The average Bonchev–Trinajstić information content (AvgIpc) is 4.02. The maximum Gasteiger partial charge on any atom is 0.326 e. The summed E-state index contributed by atoms with van der Waals surface area (Å²) < 4.78 is 0.